The molecule has 34 heavy (non-hydrogen) atoms. The van der Waals surface area contributed by atoms with Crippen LogP contribution in [-0.2, 0) is 16.4 Å². The van der Waals surface area contributed by atoms with E-state index in [2.05, 4.69) is 31.6 Å². The van der Waals surface area contributed by atoms with Crippen LogP contribution in [0.25, 0.3) is 33.0 Å². The molecule has 3 nitrogen and oxygen atoms in total. The number of halogens is 2. The summed E-state index contributed by atoms with van der Waals surface area (Å²) in [5.41, 5.74) is 4.16. The van der Waals surface area contributed by atoms with Gasteiger partial charge in [-0.15, -0.1) is 0 Å². The van der Waals surface area contributed by atoms with Crippen LogP contribution >= 0.6 is 0 Å². The summed E-state index contributed by atoms with van der Waals surface area (Å²) in [5, 5.41) is 2.00. The lowest BCUT2D eigenvalue weighted by Gasteiger charge is -2.26. The Morgan fingerprint density at radius 1 is 0.824 bits per heavy atom. The molecule has 0 saturated heterocycles. The van der Waals surface area contributed by atoms with Crippen molar-refractivity contribution in [3.8, 4) is 28.0 Å². The zero-order chi connectivity index (χ0) is 24.6. The molecule has 0 aliphatic rings. The van der Waals surface area contributed by atoms with Gasteiger partial charge in [0.2, 0.25) is 0 Å². The maximum absolute atomic E-state index is 14.7. The largest absolute Gasteiger partial charge is 0.496 e. The smallest absolute Gasteiger partial charge is 0.133 e. The number of nitrogens with one attached hydrogen (secondary N) is 1. The fraction of sp³-hybridized carbons (Fsp3) is 0.214. The van der Waals surface area contributed by atoms with Gasteiger partial charge in [0.1, 0.15) is 28.4 Å². The average Bonchev–Trinajstić information content (AvgIpc) is 2.77. The van der Waals surface area contributed by atoms with Gasteiger partial charge in [0, 0.05) is 34.7 Å². The fourth-order valence-electron chi connectivity index (χ4n) is 4.14. The summed E-state index contributed by atoms with van der Waals surface area (Å²) in [6, 6.07) is 19.3. The molecule has 0 fully saturated rings. The maximum atomic E-state index is 14.7. The van der Waals surface area contributed by atoms with Crippen LogP contribution in [0.15, 0.2) is 66.7 Å². The number of benzene rings is 4. The number of fused-ring (bicyclic) bond motifs is 1. The normalized spacial score (nSPS) is 12.6. The van der Waals surface area contributed by atoms with E-state index >= 15 is 0 Å². The zero-order valence-corrected chi connectivity index (χ0v) is 20.6. The van der Waals surface area contributed by atoms with Crippen molar-refractivity contribution in [1.82, 2.24) is 0 Å². The predicted octanol–water partition coefficient (Wildman–Crippen LogP) is 7.46. The van der Waals surface area contributed by atoms with Gasteiger partial charge in [-0.3, -0.25) is 0 Å². The molecule has 0 spiro atoms. The summed E-state index contributed by atoms with van der Waals surface area (Å²) < 4.78 is 48.6. The second-order valence-corrected chi connectivity index (χ2v) is 10.4. The topological polar surface area (TPSA) is 38.3 Å². The van der Waals surface area contributed by atoms with Gasteiger partial charge in [0.15, 0.2) is 0 Å². The molecule has 4 rings (SSSR count). The summed E-state index contributed by atoms with van der Waals surface area (Å²) in [7, 11) is 0.481. The Balaban J connectivity index is 1.93. The van der Waals surface area contributed by atoms with Crippen molar-refractivity contribution in [3.63, 3.8) is 0 Å². The number of methoxy groups -OCH3 is 1. The Bertz CT molecular complexity index is 1410. The third-order valence-electron chi connectivity index (χ3n) is 5.76. The third kappa shape index (κ3) is 4.82. The van der Waals surface area contributed by atoms with E-state index in [0.29, 0.717) is 11.1 Å². The van der Waals surface area contributed by atoms with Crippen LogP contribution in [0.1, 0.15) is 26.3 Å². The van der Waals surface area contributed by atoms with Crippen molar-refractivity contribution in [2.45, 2.75) is 26.2 Å². The monoisotopic (exact) mass is 479 g/mol. The van der Waals surface area contributed by atoms with Crippen LogP contribution < -0.4 is 9.46 Å². The molecule has 0 heterocycles. The number of anilines is 1. The Kier molecular flexibility index (Phi) is 6.45. The van der Waals surface area contributed by atoms with E-state index in [4.69, 9.17) is 4.74 Å². The van der Waals surface area contributed by atoms with E-state index < -0.39 is 22.6 Å². The minimum absolute atomic E-state index is 0.278. The maximum Gasteiger partial charge on any atom is 0.133 e. The molecule has 4 aromatic rings. The molecule has 1 unspecified atom stereocenters. The Morgan fingerprint density at radius 2 is 1.53 bits per heavy atom. The predicted molar refractivity (Wildman–Crippen MR) is 138 cm³/mol. The first kappa shape index (κ1) is 23.9. The SMILES string of the molecule is COc1c(-c2ccc3cc(NS(C)=O)ccc3c2)cc(-c2ccc(F)cc2F)cc1C(C)(C)C. The van der Waals surface area contributed by atoms with Crippen LogP contribution in [0.3, 0.4) is 0 Å². The first-order valence-corrected chi connectivity index (χ1v) is 12.4. The van der Waals surface area contributed by atoms with Crippen molar-refractivity contribution >= 4 is 27.4 Å². The van der Waals surface area contributed by atoms with Gasteiger partial charge in [-0.2, -0.15) is 0 Å². The van der Waals surface area contributed by atoms with Crippen LogP contribution in [0, 0.1) is 11.6 Å². The molecule has 0 aromatic heterocycles. The number of rotatable bonds is 5. The Labute approximate surface area is 201 Å². The van der Waals surface area contributed by atoms with Crippen molar-refractivity contribution in [3.05, 3.63) is 83.9 Å². The molecule has 0 bridgehead atoms. The highest BCUT2D eigenvalue weighted by Crippen LogP contribution is 2.43. The number of hydrogen-bond donors (Lipinski definition) is 1. The highest BCUT2D eigenvalue weighted by Gasteiger charge is 2.24. The molecule has 0 saturated carbocycles. The molecule has 1 N–H and O–H groups in total. The van der Waals surface area contributed by atoms with Gasteiger partial charge in [-0.1, -0.05) is 39.0 Å². The van der Waals surface area contributed by atoms with E-state index in [-0.39, 0.29) is 5.41 Å². The lowest BCUT2D eigenvalue weighted by Crippen LogP contribution is -2.14. The average molecular weight is 480 g/mol. The van der Waals surface area contributed by atoms with Gasteiger partial charge >= 0.3 is 0 Å². The van der Waals surface area contributed by atoms with Gasteiger partial charge < -0.3 is 9.46 Å². The van der Waals surface area contributed by atoms with E-state index in [0.717, 1.165) is 45.0 Å². The van der Waals surface area contributed by atoms with Gasteiger partial charge in [0.25, 0.3) is 0 Å². The molecule has 0 radical (unpaired) electrons. The second kappa shape index (κ2) is 9.18. The molecule has 176 valence electrons. The second-order valence-electron chi connectivity index (χ2n) is 9.31. The minimum Gasteiger partial charge on any atom is -0.496 e. The molecular weight excluding hydrogens is 452 g/mol. The first-order valence-electron chi connectivity index (χ1n) is 10.9. The summed E-state index contributed by atoms with van der Waals surface area (Å²) in [6.45, 7) is 6.23. The van der Waals surface area contributed by atoms with Gasteiger partial charge in [-0.05, 0) is 69.8 Å². The summed E-state index contributed by atoms with van der Waals surface area (Å²) in [5.74, 6) is -0.498. The van der Waals surface area contributed by atoms with E-state index in [9.17, 15) is 13.0 Å². The summed E-state index contributed by atoms with van der Waals surface area (Å²) in [4.78, 5) is 0. The molecule has 0 aliphatic carbocycles. The van der Waals surface area contributed by atoms with Crippen LogP contribution in [0.4, 0.5) is 14.5 Å². The molecule has 0 amide bonds. The minimum atomic E-state index is -1.15. The molecule has 4 aromatic carbocycles. The highest BCUT2D eigenvalue weighted by atomic mass is 32.2. The van der Waals surface area contributed by atoms with Crippen LogP contribution in [0.2, 0.25) is 0 Å². The number of ether oxygens (including phenoxy) is 1. The molecule has 0 aliphatic heterocycles. The van der Waals surface area contributed by atoms with Crippen molar-refractivity contribution in [2.75, 3.05) is 18.1 Å². The quantitative estimate of drug-likeness (QED) is 0.323. The zero-order valence-electron chi connectivity index (χ0n) is 19.8. The van der Waals surface area contributed by atoms with E-state index in [1.807, 2.05) is 42.5 Å². The van der Waals surface area contributed by atoms with Gasteiger partial charge in [0.05, 0.1) is 7.11 Å². The van der Waals surface area contributed by atoms with E-state index in [1.165, 1.54) is 12.1 Å². The molecular formula is C28H27F2NO2S. The Hall–Kier alpha value is -3.25. The van der Waals surface area contributed by atoms with Crippen molar-refractivity contribution in [2.24, 2.45) is 0 Å². The highest BCUT2D eigenvalue weighted by molar-refractivity contribution is 7.85. The summed E-state index contributed by atoms with van der Waals surface area (Å²) in [6.07, 6.45) is 1.59. The number of hydrogen-bond acceptors (Lipinski definition) is 2. The lowest BCUT2D eigenvalue weighted by molar-refractivity contribution is 0.399. The Morgan fingerprint density at radius 3 is 2.18 bits per heavy atom. The standard InChI is InChI=1S/C28H27F2NO2S/c1-28(2,3)25-15-20(23-11-9-21(29)16-26(23)30)14-24(27(25)33-4)19-7-6-18-13-22(31-34(5)32)10-8-17(18)12-19/h6-16,31H,1-5H3. The van der Waals surface area contributed by atoms with Gasteiger partial charge in [-0.25, -0.2) is 13.0 Å². The molecule has 1 atom stereocenters. The lowest BCUT2D eigenvalue weighted by atomic mass is 9.82. The fourth-order valence-corrected chi connectivity index (χ4v) is 4.60. The third-order valence-corrected chi connectivity index (χ3v) is 6.28. The summed E-state index contributed by atoms with van der Waals surface area (Å²) >= 11 is 0. The van der Waals surface area contributed by atoms with Crippen LogP contribution in [-0.4, -0.2) is 17.6 Å². The first-order chi connectivity index (χ1) is 16.1. The van der Waals surface area contributed by atoms with Crippen molar-refractivity contribution in [1.29, 1.82) is 0 Å². The molecule has 6 heteroatoms. The van der Waals surface area contributed by atoms with E-state index in [1.54, 1.807) is 13.4 Å². The van der Waals surface area contributed by atoms with Crippen LogP contribution in [0.5, 0.6) is 5.75 Å². The van der Waals surface area contributed by atoms with Crippen molar-refractivity contribution < 1.29 is 17.7 Å².